The molecule has 1 aliphatic rings. The molecule has 1 N–H and O–H groups in total. The first-order chi connectivity index (χ1) is 8.06. The van der Waals surface area contributed by atoms with Crippen LogP contribution in [0.1, 0.15) is 18.4 Å². The highest BCUT2D eigenvalue weighted by Gasteiger charge is 2.30. The Hall–Kier alpha value is -1.69. The van der Waals surface area contributed by atoms with Crippen molar-refractivity contribution in [3.05, 3.63) is 28.2 Å². The molecule has 0 aromatic carbocycles. The Labute approximate surface area is 97.8 Å². The van der Waals surface area contributed by atoms with Crippen LogP contribution in [0.3, 0.4) is 0 Å². The van der Waals surface area contributed by atoms with E-state index in [-0.39, 0.29) is 11.7 Å². The van der Waals surface area contributed by atoms with Crippen molar-refractivity contribution in [3.8, 4) is 0 Å². The van der Waals surface area contributed by atoms with Gasteiger partial charge in [0, 0.05) is 6.07 Å². The summed E-state index contributed by atoms with van der Waals surface area (Å²) in [6.45, 7) is 2.11. The Kier molecular flexibility index (Phi) is 3.23. The first-order valence-corrected chi connectivity index (χ1v) is 5.48. The van der Waals surface area contributed by atoms with Crippen molar-refractivity contribution in [1.29, 1.82) is 0 Å². The molecule has 1 fully saturated rings. The average Bonchev–Trinajstić information content (AvgIpc) is 2.71. The van der Waals surface area contributed by atoms with Crippen molar-refractivity contribution in [2.75, 3.05) is 0 Å². The van der Waals surface area contributed by atoms with E-state index in [2.05, 4.69) is 5.10 Å². The summed E-state index contributed by atoms with van der Waals surface area (Å²) in [5, 5.41) is 12.8. The Morgan fingerprint density at radius 2 is 2.41 bits per heavy atom. The number of hydrogen-bond donors (Lipinski definition) is 1. The number of hydrogen-bond acceptors (Lipinski definition) is 4. The van der Waals surface area contributed by atoms with E-state index in [0.717, 1.165) is 5.56 Å². The molecule has 1 aromatic heterocycles. The molecule has 1 saturated heterocycles. The van der Waals surface area contributed by atoms with E-state index in [0.29, 0.717) is 19.4 Å². The normalized spacial score (nSPS) is 23.8. The molecule has 0 saturated carbocycles. The zero-order valence-corrected chi connectivity index (χ0v) is 9.50. The van der Waals surface area contributed by atoms with Gasteiger partial charge < -0.3 is 9.84 Å². The molecule has 6 nitrogen and oxygen atoms in total. The molecule has 0 radical (unpaired) electrons. The largest absolute Gasteiger partial charge is 0.479 e. The second-order valence-corrected chi connectivity index (χ2v) is 4.22. The van der Waals surface area contributed by atoms with E-state index in [4.69, 9.17) is 9.84 Å². The van der Waals surface area contributed by atoms with Crippen molar-refractivity contribution in [1.82, 2.24) is 9.78 Å². The number of aliphatic carboxylic acids is 1. The summed E-state index contributed by atoms with van der Waals surface area (Å²) in [6.07, 6.45) is 1.73. The van der Waals surface area contributed by atoms with Gasteiger partial charge in [0.25, 0.3) is 5.56 Å². The number of rotatable bonds is 3. The predicted octanol–water partition coefficient (Wildman–Crippen LogP) is 0.184. The van der Waals surface area contributed by atoms with Crippen molar-refractivity contribution in [2.24, 2.45) is 0 Å². The van der Waals surface area contributed by atoms with E-state index in [9.17, 15) is 9.59 Å². The van der Waals surface area contributed by atoms with Gasteiger partial charge >= 0.3 is 5.97 Å². The van der Waals surface area contributed by atoms with Gasteiger partial charge in [0.05, 0.1) is 18.8 Å². The summed E-state index contributed by atoms with van der Waals surface area (Å²) in [4.78, 5) is 22.3. The van der Waals surface area contributed by atoms with Crippen LogP contribution < -0.4 is 5.56 Å². The smallest absolute Gasteiger partial charge is 0.332 e. The Morgan fingerprint density at radius 3 is 3.00 bits per heavy atom. The molecule has 2 heterocycles. The van der Waals surface area contributed by atoms with Gasteiger partial charge in [0.15, 0.2) is 6.10 Å². The lowest BCUT2D eigenvalue weighted by Crippen LogP contribution is -2.29. The molecule has 17 heavy (non-hydrogen) atoms. The molecule has 1 aromatic rings. The Bertz CT molecular complexity index is 483. The van der Waals surface area contributed by atoms with Crippen molar-refractivity contribution in [2.45, 2.75) is 38.5 Å². The lowest BCUT2D eigenvalue weighted by atomic mass is 10.2. The Morgan fingerprint density at radius 1 is 1.65 bits per heavy atom. The molecule has 0 spiro atoms. The van der Waals surface area contributed by atoms with E-state index < -0.39 is 12.1 Å². The molecule has 1 aliphatic heterocycles. The van der Waals surface area contributed by atoms with Gasteiger partial charge in [-0.05, 0) is 25.3 Å². The minimum absolute atomic E-state index is 0.188. The highest BCUT2D eigenvalue weighted by atomic mass is 16.5. The second-order valence-electron chi connectivity index (χ2n) is 4.22. The standard InChI is InChI=1S/C11H14N2O4/c1-7-4-10(14)13(12-5-7)6-8-2-3-9(17-8)11(15)16/h4-5,8-9H,2-3,6H2,1H3,(H,15,16). The third kappa shape index (κ3) is 2.71. The van der Waals surface area contributed by atoms with Gasteiger partial charge in [0.1, 0.15) is 0 Å². The zero-order chi connectivity index (χ0) is 12.4. The minimum atomic E-state index is -0.947. The van der Waals surface area contributed by atoms with E-state index in [1.54, 1.807) is 13.1 Å². The highest BCUT2D eigenvalue weighted by molar-refractivity contribution is 5.72. The van der Waals surface area contributed by atoms with Crippen LogP contribution in [0, 0.1) is 6.92 Å². The maximum atomic E-state index is 11.6. The quantitative estimate of drug-likeness (QED) is 0.812. The van der Waals surface area contributed by atoms with Crippen LogP contribution in [0.4, 0.5) is 0 Å². The molecule has 0 bridgehead atoms. The number of carboxylic acid groups (broad SMARTS) is 1. The van der Waals surface area contributed by atoms with Crippen LogP contribution in [0.25, 0.3) is 0 Å². The van der Waals surface area contributed by atoms with Crippen LogP contribution in [-0.4, -0.2) is 33.1 Å². The third-order valence-electron chi connectivity index (χ3n) is 2.77. The van der Waals surface area contributed by atoms with Crippen molar-refractivity contribution >= 4 is 5.97 Å². The van der Waals surface area contributed by atoms with Gasteiger partial charge in [-0.25, -0.2) is 9.48 Å². The fourth-order valence-electron chi connectivity index (χ4n) is 1.88. The average molecular weight is 238 g/mol. The van der Waals surface area contributed by atoms with E-state index in [1.807, 2.05) is 0 Å². The van der Waals surface area contributed by atoms with Gasteiger partial charge in [-0.1, -0.05) is 0 Å². The fourth-order valence-corrected chi connectivity index (χ4v) is 1.88. The summed E-state index contributed by atoms with van der Waals surface area (Å²) in [7, 11) is 0. The van der Waals surface area contributed by atoms with Crippen LogP contribution in [0.5, 0.6) is 0 Å². The SMILES string of the molecule is Cc1cnn(CC2CCC(C(=O)O)O2)c(=O)c1. The molecule has 6 heteroatoms. The lowest BCUT2D eigenvalue weighted by Gasteiger charge is -2.11. The third-order valence-corrected chi connectivity index (χ3v) is 2.77. The maximum absolute atomic E-state index is 11.6. The topological polar surface area (TPSA) is 81.4 Å². The van der Waals surface area contributed by atoms with E-state index >= 15 is 0 Å². The van der Waals surface area contributed by atoms with Gasteiger partial charge in [-0.2, -0.15) is 5.10 Å². The summed E-state index contributed by atoms with van der Waals surface area (Å²) in [6, 6.07) is 1.50. The predicted molar refractivity (Wildman–Crippen MR) is 58.8 cm³/mol. The second kappa shape index (κ2) is 4.67. The van der Waals surface area contributed by atoms with Gasteiger partial charge in [-0.15, -0.1) is 0 Å². The fraction of sp³-hybridized carbons (Fsp3) is 0.545. The summed E-state index contributed by atoms with van der Waals surface area (Å²) in [5.74, 6) is -0.947. The summed E-state index contributed by atoms with van der Waals surface area (Å²) in [5.41, 5.74) is 0.620. The molecule has 2 unspecified atom stereocenters. The van der Waals surface area contributed by atoms with Crippen molar-refractivity contribution in [3.63, 3.8) is 0 Å². The lowest BCUT2D eigenvalue weighted by molar-refractivity contribution is -0.149. The molecule has 0 amide bonds. The first kappa shape index (κ1) is 11.8. The van der Waals surface area contributed by atoms with Crippen LogP contribution >= 0.6 is 0 Å². The van der Waals surface area contributed by atoms with Gasteiger partial charge in [-0.3, -0.25) is 4.79 Å². The zero-order valence-electron chi connectivity index (χ0n) is 9.50. The number of ether oxygens (including phenoxy) is 1. The minimum Gasteiger partial charge on any atom is -0.479 e. The highest BCUT2D eigenvalue weighted by Crippen LogP contribution is 2.20. The van der Waals surface area contributed by atoms with Crippen LogP contribution in [0.15, 0.2) is 17.1 Å². The molecular weight excluding hydrogens is 224 g/mol. The number of carbonyl (C=O) groups is 1. The monoisotopic (exact) mass is 238 g/mol. The summed E-state index contributed by atoms with van der Waals surface area (Å²) >= 11 is 0. The maximum Gasteiger partial charge on any atom is 0.332 e. The molecule has 2 rings (SSSR count). The van der Waals surface area contributed by atoms with Crippen LogP contribution in [0.2, 0.25) is 0 Å². The Balaban J connectivity index is 2.03. The first-order valence-electron chi connectivity index (χ1n) is 5.48. The summed E-state index contributed by atoms with van der Waals surface area (Å²) < 4.78 is 6.62. The molecule has 0 aliphatic carbocycles. The number of aryl methyl sites for hydroxylation is 1. The number of aromatic nitrogens is 2. The van der Waals surface area contributed by atoms with E-state index in [1.165, 1.54) is 10.7 Å². The van der Waals surface area contributed by atoms with Crippen LogP contribution in [-0.2, 0) is 16.1 Å². The number of nitrogens with zero attached hydrogens (tertiary/aromatic N) is 2. The number of carboxylic acids is 1. The van der Waals surface area contributed by atoms with Crippen molar-refractivity contribution < 1.29 is 14.6 Å². The molecule has 92 valence electrons. The molecular formula is C11H14N2O4. The molecule has 2 atom stereocenters. The van der Waals surface area contributed by atoms with Gasteiger partial charge in [0.2, 0.25) is 0 Å².